The zero-order chi connectivity index (χ0) is 19.0. The van der Waals surface area contributed by atoms with Crippen LogP contribution in [0.25, 0.3) is 12.2 Å². The summed E-state index contributed by atoms with van der Waals surface area (Å²) in [4.78, 5) is 0. The van der Waals surface area contributed by atoms with E-state index in [4.69, 9.17) is 21.7 Å². The normalized spacial score (nSPS) is 9.62. The van der Waals surface area contributed by atoms with Gasteiger partial charge in [-0.25, -0.2) is 0 Å². The molecule has 6 N–H and O–H groups in total. The number of benzene rings is 3. The van der Waals surface area contributed by atoms with Gasteiger partial charge in [-0.15, -0.1) is 0 Å². The second-order valence-corrected chi connectivity index (χ2v) is 5.23. The van der Waals surface area contributed by atoms with Gasteiger partial charge in [-0.1, -0.05) is 84.9 Å². The van der Waals surface area contributed by atoms with Crippen molar-refractivity contribution in [1.29, 1.82) is 0 Å². The summed E-state index contributed by atoms with van der Waals surface area (Å²) in [5.41, 5.74) is 15.0. The molecule has 0 radical (unpaired) electrons. The van der Waals surface area contributed by atoms with Crippen molar-refractivity contribution < 1.29 is 10.2 Å². The van der Waals surface area contributed by atoms with Gasteiger partial charge in [-0.05, 0) is 23.3 Å². The van der Waals surface area contributed by atoms with Crippen LogP contribution in [-0.2, 0) is 0 Å². The summed E-state index contributed by atoms with van der Waals surface area (Å²) in [5.74, 6) is 0. The number of anilines is 2. The number of nitrogen functional groups attached to an aromatic ring is 2. The highest BCUT2D eigenvalue weighted by Gasteiger charge is 1.94. The molecule has 0 unspecified atom stereocenters. The van der Waals surface area contributed by atoms with Gasteiger partial charge in [0.25, 0.3) is 0 Å². The molecular weight excluding hydrogens is 324 g/mol. The quantitative estimate of drug-likeness (QED) is 0.428. The van der Waals surface area contributed by atoms with Crippen LogP contribution in [-0.4, -0.2) is 23.4 Å². The van der Waals surface area contributed by atoms with E-state index in [1.54, 1.807) is 6.07 Å². The van der Waals surface area contributed by atoms with Crippen molar-refractivity contribution in [1.82, 2.24) is 0 Å². The molecule has 3 rings (SSSR count). The van der Waals surface area contributed by atoms with Gasteiger partial charge in [0.15, 0.2) is 0 Å². The minimum absolute atomic E-state index is 0.125. The average molecular weight is 350 g/mol. The van der Waals surface area contributed by atoms with E-state index in [1.807, 2.05) is 91.0 Å². The number of aliphatic hydroxyl groups is 2. The standard InChI is InChI=1S/C14H14N2.C6H6.C2H6O2/c15-13-9-8-12(14(16)10-13)7-6-11-4-2-1-3-5-11;1-2-4-6-5-3-1;3-1-2-4/h1-10H,15-16H2;1-6H;3-4H,1-2H2. The fraction of sp³-hybridized carbons (Fsp3) is 0.0909. The Bertz CT molecular complexity index is 716. The van der Waals surface area contributed by atoms with Crippen molar-refractivity contribution in [3.8, 4) is 0 Å². The third kappa shape index (κ3) is 9.27. The lowest BCUT2D eigenvalue weighted by atomic mass is 10.1. The molecule has 0 fully saturated rings. The highest BCUT2D eigenvalue weighted by atomic mass is 16.3. The zero-order valence-electron chi connectivity index (χ0n) is 14.7. The Morgan fingerprint density at radius 1 is 0.654 bits per heavy atom. The van der Waals surface area contributed by atoms with E-state index >= 15 is 0 Å². The molecule has 26 heavy (non-hydrogen) atoms. The second-order valence-electron chi connectivity index (χ2n) is 5.23. The first-order valence-corrected chi connectivity index (χ1v) is 8.27. The Kier molecular flexibility index (Phi) is 10.7. The second kappa shape index (κ2) is 13.2. The van der Waals surface area contributed by atoms with Gasteiger partial charge >= 0.3 is 0 Å². The lowest BCUT2D eigenvalue weighted by Crippen LogP contribution is -1.92. The van der Waals surface area contributed by atoms with Gasteiger partial charge in [-0.3, -0.25) is 0 Å². The molecule has 0 bridgehead atoms. The molecule has 0 amide bonds. The Hall–Kier alpha value is -3.08. The van der Waals surface area contributed by atoms with Crippen molar-refractivity contribution in [2.45, 2.75) is 0 Å². The molecule has 0 spiro atoms. The minimum Gasteiger partial charge on any atom is -0.399 e. The Labute approximate surface area is 155 Å². The van der Waals surface area contributed by atoms with Crippen LogP contribution in [0.3, 0.4) is 0 Å². The minimum atomic E-state index is -0.125. The fourth-order valence-electron chi connectivity index (χ4n) is 1.88. The van der Waals surface area contributed by atoms with E-state index in [1.165, 1.54) is 0 Å². The first kappa shape index (κ1) is 21.0. The monoisotopic (exact) mass is 350 g/mol. The van der Waals surface area contributed by atoms with E-state index in [-0.39, 0.29) is 13.2 Å². The van der Waals surface area contributed by atoms with Gasteiger partial charge in [0.05, 0.1) is 13.2 Å². The molecule has 4 nitrogen and oxygen atoms in total. The molecule has 0 aromatic heterocycles. The van der Waals surface area contributed by atoms with Gasteiger partial charge in [0.2, 0.25) is 0 Å². The fourth-order valence-corrected chi connectivity index (χ4v) is 1.88. The van der Waals surface area contributed by atoms with Crippen LogP contribution in [0.4, 0.5) is 11.4 Å². The summed E-state index contributed by atoms with van der Waals surface area (Å²) in [6, 6.07) is 27.6. The van der Waals surface area contributed by atoms with Crippen LogP contribution < -0.4 is 11.5 Å². The number of hydrogen-bond donors (Lipinski definition) is 4. The van der Waals surface area contributed by atoms with Crippen molar-refractivity contribution in [3.05, 3.63) is 96.1 Å². The maximum Gasteiger partial charge on any atom is 0.0662 e. The molecule has 0 heterocycles. The SMILES string of the molecule is Nc1ccc(C=Cc2ccccc2)c(N)c1.OCCO.c1ccccc1. The van der Waals surface area contributed by atoms with Crippen molar-refractivity contribution in [2.75, 3.05) is 24.7 Å². The smallest absolute Gasteiger partial charge is 0.0662 e. The van der Waals surface area contributed by atoms with Crippen LogP contribution in [0.2, 0.25) is 0 Å². The predicted molar refractivity (Wildman–Crippen MR) is 111 cm³/mol. The number of aliphatic hydroxyl groups excluding tert-OH is 2. The van der Waals surface area contributed by atoms with Crippen molar-refractivity contribution >= 4 is 23.5 Å². The third-order valence-electron chi connectivity index (χ3n) is 3.13. The molecule has 136 valence electrons. The topological polar surface area (TPSA) is 92.5 Å². The van der Waals surface area contributed by atoms with E-state index in [9.17, 15) is 0 Å². The first-order chi connectivity index (χ1) is 12.7. The first-order valence-electron chi connectivity index (χ1n) is 8.27. The highest BCUT2D eigenvalue weighted by molar-refractivity contribution is 5.77. The average Bonchev–Trinajstić information content (AvgIpc) is 2.70. The molecule has 0 aliphatic carbocycles. The van der Waals surface area contributed by atoms with E-state index < -0.39 is 0 Å². The van der Waals surface area contributed by atoms with E-state index in [0.29, 0.717) is 11.4 Å². The van der Waals surface area contributed by atoms with Crippen LogP contribution in [0.15, 0.2) is 84.9 Å². The molecule has 0 saturated heterocycles. The lowest BCUT2D eigenvalue weighted by molar-refractivity contribution is 0.186. The van der Waals surface area contributed by atoms with Gasteiger partial charge in [0, 0.05) is 11.4 Å². The highest BCUT2D eigenvalue weighted by Crippen LogP contribution is 2.18. The summed E-state index contributed by atoms with van der Waals surface area (Å²) in [6.07, 6.45) is 4.02. The third-order valence-corrected chi connectivity index (χ3v) is 3.13. The Balaban J connectivity index is 0.000000278. The summed E-state index contributed by atoms with van der Waals surface area (Å²) in [5, 5.41) is 15.2. The zero-order valence-corrected chi connectivity index (χ0v) is 14.7. The van der Waals surface area contributed by atoms with Gasteiger partial charge in [0.1, 0.15) is 0 Å². The molecule has 3 aromatic carbocycles. The summed E-state index contributed by atoms with van der Waals surface area (Å²) >= 11 is 0. The largest absolute Gasteiger partial charge is 0.399 e. The van der Waals surface area contributed by atoms with Crippen LogP contribution >= 0.6 is 0 Å². The number of nitrogens with two attached hydrogens (primary N) is 2. The predicted octanol–water partition coefficient (Wildman–Crippen LogP) is 3.68. The van der Waals surface area contributed by atoms with Crippen LogP contribution in [0.1, 0.15) is 11.1 Å². The van der Waals surface area contributed by atoms with E-state index in [2.05, 4.69) is 0 Å². The molecule has 0 atom stereocenters. The van der Waals surface area contributed by atoms with Crippen molar-refractivity contribution in [2.24, 2.45) is 0 Å². The summed E-state index contributed by atoms with van der Waals surface area (Å²) < 4.78 is 0. The lowest BCUT2D eigenvalue weighted by Gasteiger charge is -2.01. The van der Waals surface area contributed by atoms with E-state index in [0.717, 1.165) is 11.1 Å². The molecular formula is C22H26N2O2. The summed E-state index contributed by atoms with van der Waals surface area (Å²) in [6.45, 7) is -0.250. The Morgan fingerprint density at radius 2 is 1.15 bits per heavy atom. The van der Waals surface area contributed by atoms with Gasteiger partial charge in [-0.2, -0.15) is 0 Å². The summed E-state index contributed by atoms with van der Waals surface area (Å²) in [7, 11) is 0. The number of hydrogen-bond acceptors (Lipinski definition) is 4. The van der Waals surface area contributed by atoms with Crippen molar-refractivity contribution in [3.63, 3.8) is 0 Å². The Morgan fingerprint density at radius 3 is 1.62 bits per heavy atom. The molecule has 0 saturated carbocycles. The maximum atomic E-state index is 7.62. The molecule has 3 aromatic rings. The van der Waals surface area contributed by atoms with Crippen LogP contribution in [0, 0.1) is 0 Å². The molecule has 0 aliphatic rings. The molecule has 0 aliphatic heterocycles. The molecule has 4 heteroatoms. The van der Waals surface area contributed by atoms with Crippen LogP contribution in [0.5, 0.6) is 0 Å². The van der Waals surface area contributed by atoms with Gasteiger partial charge < -0.3 is 21.7 Å². The number of rotatable bonds is 3. The maximum absolute atomic E-state index is 7.62.